The van der Waals surface area contributed by atoms with E-state index >= 15 is 0 Å². The van der Waals surface area contributed by atoms with E-state index in [2.05, 4.69) is 32.9 Å². The van der Waals surface area contributed by atoms with Crippen LogP contribution in [0, 0.1) is 0 Å². The first-order valence-electron chi connectivity index (χ1n) is 7.89. The highest BCUT2D eigenvalue weighted by atomic mass is 31.2. The lowest BCUT2D eigenvalue weighted by molar-refractivity contribution is 0.199. The number of hydrogen-bond donors (Lipinski definition) is 3. The summed E-state index contributed by atoms with van der Waals surface area (Å²) in [6.45, 7) is 6.45. The Labute approximate surface area is 144 Å². The van der Waals surface area contributed by atoms with Crippen LogP contribution in [0.2, 0.25) is 0 Å². The van der Waals surface area contributed by atoms with Crippen molar-refractivity contribution in [3.63, 3.8) is 0 Å². The van der Waals surface area contributed by atoms with Crippen molar-refractivity contribution < 1.29 is 28.5 Å². The van der Waals surface area contributed by atoms with Crippen molar-refractivity contribution >= 4 is 15.0 Å². The van der Waals surface area contributed by atoms with Gasteiger partial charge in [-0.1, -0.05) is 35.5 Å². The van der Waals surface area contributed by atoms with Gasteiger partial charge in [0.1, 0.15) is 12.3 Å². The van der Waals surface area contributed by atoms with Gasteiger partial charge in [-0.2, -0.15) is 0 Å². The van der Waals surface area contributed by atoms with Crippen LogP contribution in [0.1, 0.15) is 46.5 Å². The molecule has 6 nitrogen and oxygen atoms in total. The molecule has 0 aliphatic rings. The van der Waals surface area contributed by atoms with Gasteiger partial charge in [-0.25, -0.2) is 0 Å². The summed E-state index contributed by atoms with van der Waals surface area (Å²) in [5, 5.41) is 0. The fourth-order valence-electron chi connectivity index (χ4n) is 1.89. The van der Waals surface area contributed by atoms with Crippen LogP contribution in [0.3, 0.4) is 0 Å². The maximum absolute atomic E-state index is 11.5. The van der Waals surface area contributed by atoms with Gasteiger partial charge >= 0.3 is 7.60 Å². The molecule has 8 heteroatoms. The molecular weight excluding hydrogens is 350 g/mol. The molecule has 0 aromatic heterocycles. The molecule has 0 spiro atoms. The normalized spacial score (nSPS) is 15.5. The number of hydrogen-bond acceptors (Lipinski definition) is 3. The zero-order valence-electron chi connectivity index (χ0n) is 14.7. The molecule has 140 valence electrons. The maximum Gasteiger partial charge on any atom is 0.335 e. The molecule has 0 aromatic rings. The minimum Gasteiger partial charge on any atom is -0.367 e. The minimum absolute atomic E-state index is 0.148. The van der Waals surface area contributed by atoms with Crippen molar-refractivity contribution in [2.24, 2.45) is 0 Å². The number of unbranched alkanes of at least 4 members (excludes halogenated alkanes) is 1. The predicted molar refractivity (Wildman–Crippen MR) is 98.4 cm³/mol. The number of allylic oxidation sites excluding steroid dienone is 5. The summed E-state index contributed by atoms with van der Waals surface area (Å²) in [4.78, 5) is 26.7. The fourth-order valence-corrected chi connectivity index (χ4v) is 4.91. The Morgan fingerprint density at radius 1 is 0.958 bits per heavy atom. The van der Waals surface area contributed by atoms with Gasteiger partial charge in [0, 0.05) is 0 Å². The van der Waals surface area contributed by atoms with Crippen LogP contribution in [0.25, 0.3) is 0 Å². The molecule has 0 aliphatic heterocycles. The van der Waals surface area contributed by atoms with Crippen molar-refractivity contribution in [1.29, 1.82) is 0 Å². The predicted octanol–water partition coefficient (Wildman–Crippen LogP) is 4.40. The Kier molecular flexibility index (Phi) is 11.7. The van der Waals surface area contributed by atoms with Crippen molar-refractivity contribution in [3.8, 4) is 0 Å². The highest BCUT2D eigenvalue weighted by Gasteiger charge is 2.29. The van der Waals surface area contributed by atoms with E-state index in [1.54, 1.807) is 6.08 Å². The largest absolute Gasteiger partial charge is 0.367 e. The van der Waals surface area contributed by atoms with Crippen LogP contribution in [-0.2, 0) is 13.9 Å². The molecule has 1 atom stereocenters. The second kappa shape index (κ2) is 12.0. The SMILES string of the molecule is CC(C)=CCC/C(C)=C\CC/C=C/COCP(=O)(O)CP(=O)(O)O. The molecule has 0 aliphatic carbocycles. The van der Waals surface area contributed by atoms with E-state index in [1.165, 1.54) is 11.1 Å². The Bertz CT molecular complexity index is 541. The van der Waals surface area contributed by atoms with Crippen LogP contribution in [-0.4, -0.2) is 33.5 Å². The van der Waals surface area contributed by atoms with Crippen molar-refractivity contribution in [2.45, 2.75) is 46.5 Å². The van der Waals surface area contributed by atoms with Crippen molar-refractivity contribution in [3.05, 3.63) is 35.5 Å². The first kappa shape index (κ1) is 23.5. The van der Waals surface area contributed by atoms with E-state index in [-0.39, 0.29) is 6.61 Å². The lowest BCUT2D eigenvalue weighted by atomic mass is 10.1. The van der Waals surface area contributed by atoms with E-state index in [9.17, 15) is 14.0 Å². The van der Waals surface area contributed by atoms with Crippen molar-refractivity contribution in [2.75, 3.05) is 18.9 Å². The summed E-state index contributed by atoms with van der Waals surface area (Å²) in [7, 11) is -8.44. The molecule has 0 radical (unpaired) electrons. The van der Waals surface area contributed by atoms with Gasteiger partial charge in [0.15, 0.2) is 0 Å². The second-order valence-corrected chi connectivity index (χ2v) is 10.5. The Morgan fingerprint density at radius 3 is 2.21 bits per heavy atom. The zero-order chi connectivity index (χ0) is 18.6. The monoisotopic (exact) mass is 380 g/mol. The Balaban J connectivity index is 3.85. The molecular formula is C16H30O6P2. The highest BCUT2D eigenvalue weighted by Crippen LogP contribution is 2.54. The van der Waals surface area contributed by atoms with Gasteiger partial charge in [0.2, 0.25) is 7.37 Å². The quantitative estimate of drug-likeness (QED) is 0.263. The fraction of sp³-hybridized carbons (Fsp3) is 0.625. The molecule has 3 N–H and O–H groups in total. The van der Waals surface area contributed by atoms with Crippen LogP contribution in [0.4, 0.5) is 0 Å². The standard InChI is InChI=1S/C16H30O6P2/c1-15(2)9-8-11-16(3)10-6-4-5-7-12-22-13-23(17,18)14-24(19,20)21/h5,7,9-10H,4,6,8,11-14H2,1-3H3,(H,17,18)(H2,19,20,21)/b7-5+,16-10-. The number of rotatable bonds is 12. The summed E-state index contributed by atoms with van der Waals surface area (Å²) in [5.74, 6) is -1.04. The Morgan fingerprint density at radius 2 is 1.62 bits per heavy atom. The summed E-state index contributed by atoms with van der Waals surface area (Å²) < 4.78 is 27.1. The van der Waals surface area contributed by atoms with E-state index in [4.69, 9.17) is 14.5 Å². The molecule has 0 heterocycles. The Hall–Kier alpha value is -0.480. The lowest BCUT2D eigenvalue weighted by Crippen LogP contribution is -2.00. The van der Waals surface area contributed by atoms with Crippen molar-refractivity contribution in [1.82, 2.24) is 0 Å². The summed E-state index contributed by atoms with van der Waals surface area (Å²) in [5.41, 5.74) is 2.69. The van der Waals surface area contributed by atoms with Crippen LogP contribution in [0.15, 0.2) is 35.5 Å². The van der Waals surface area contributed by atoms with Gasteiger partial charge in [0.25, 0.3) is 0 Å². The molecule has 0 fully saturated rings. The molecule has 1 unspecified atom stereocenters. The molecule has 0 bridgehead atoms. The van der Waals surface area contributed by atoms with Crippen LogP contribution >= 0.6 is 15.0 Å². The van der Waals surface area contributed by atoms with Gasteiger partial charge in [-0.15, -0.1) is 0 Å². The molecule has 0 aromatic carbocycles. The van der Waals surface area contributed by atoms with E-state index < -0.39 is 27.2 Å². The average molecular weight is 380 g/mol. The summed E-state index contributed by atoms with van der Waals surface area (Å²) in [6, 6.07) is 0. The third-order valence-electron chi connectivity index (χ3n) is 3.00. The molecule has 0 saturated heterocycles. The maximum atomic E-state index is 11.5. The van der Waals surface area contributed by atoms with E-state index in [0.29, 0.717) is 0 Å². The summed E-state index contributed by atoms with van der Waals surface area (Å²) >= 11 is 0. The van der Waals surface area contributed by atoms with Gasteiger partial charge < -0.3 is 19.4 Å². The summed E-state index contributed by atoms with van der Waals surface area (Å²) in [6.07, 6.45) is 11.4. The lowest BCUT2D eigenvalue weighted by Gasteiger charge is -2.11. The molecule has 0 amide bonds. The van der Waals surface area contributed by atoms with Gasteiger partial charge in [-0.3, -0.25) is 9.13 Å². The number of ether oxygens (including phenoxy) is 1. The smallest absolute Gasteiger partial charge is 0.335 e. The van der Waals surface area contributed by atoms with E-state index in [0.717, 1.165) is 25.7 Å². The van der Waals surface area contributed by atoms with Crippen LogP contribution in [0.5, 0.6) is 0 Å². The van der Waals surface area contributed by atoms with E-state index in [1.807, 2.05) is 6.08 Å². The average Bonchev–Trinajstić information content (AvgIpc) is 2.38. The molecule has 24 heavy (non-hydrogen) atoms. The first-order valence-corrected chi connectivity index (χ1v) is 11.7. The third-order valence-corrected chi connectivity index (χ3v) is 6.82. The molecule has 0 rings (SSSR count). The van der Waals surface area contributed by atoms with Gasteiger partial charge in [0.05, 0.1) is 6.61 Å². The first-order chi connectivity index (χ1) is 11.0. The zero-order valence-corrected chi connectivity index (χ0v) is 16.5. The second-order valence-electron chi connectivity index (χ2n) is 6.07. The third kappa shape index (κ3) is 16.4. The molecule has 0 saturated carbocycles. The topological polar surface area (TPSA) is 104 Å². The minimum atomic E-state index is -4.50. The van der Waals surface area contributed by atoms with Gasteiger partial charge in [-0.05, 0) is 46.5 Å². The van der Waals surface area contributed by atoms with Crippen LogP contribution < -0.4 is 0 Å². The highest BCUT2D eigenvalue weighted by molar-refractivity contribution is 7.72.